The van der Waals surface area contributed by atoms with Gasteiger partial charge in [-0.05, 0) is 30.7 Å². The molecule has 0 heterocycles. The minimum atomic E-state index is 0.0960. The molecule has 2 heteroatoms. The van der Waals surface area contributed by atoms with E-state index in [-0.39, 0.29) is 5.91 Å². The van der Waals surface area contributed by atoms with Gasteiger partial charge >= 0.3 is 0 Å². The topological polar surface area (TPSA) is 29.1 Å². The van der Waals surface area contributed by atoms with Crippen LogP contribution in [0.3, 0.4) is 0 Å². The standard InChI is InChI=1S/C14H19NO/c1-11(16)15-14-9-5-8-13(10-14)12-6-3-2-4-7-12/h2-4,6-7,13-14H,5,8-10H2,1H3,(H,15,16)/t13-,14+/m1/s1. The summed E-state index contributed by atoms with van der Waals surface area (Å²) in [5.74, 6) is 0.713. The van der Waals surface area contributed by atoms with E-state index in [1.165, 1.54) is 18.4 Å². The predicted octanol–water partition coefficient (Wildman–Crippen LogP) is 2.85. The lowest BCUT2D eigenvalue weighted by molar-refractivity contribution is -0.119. The second kappa shape index (κ2) is 5.15. The zero-order valence-electron chi connectivity index (χ0n) is 9.78. The first-order valence-corrected chi connectivity index (χ1v) is 6.08. The molecule has 1 aliphatic carbocycles. The molecule has 1 fully saturated rings. The highest BCUT2D eigenvalue weighted by Crippen LogP contribution is 2.32. The van der Waals surface area contributed by atoms with Crippen LogP contribution in [0.15, 0.2) is 30.3 Å². The van der Waals surface area contributed by atoms with Crippen molar-refractivity contribution < 1.29 is 4.79 Å². The van der Waals surface area contributed by atoms with Gasteiger partial charge in [0, 0.05) is 13.0 Å². The van der Waals surface area contributed by atoms with Gasteiger partial charge < -0.3 is 5.32 Å². The summed E-state index contributed by atoms with van der Waals surface area (Å²) in [6, 6.07) is 11.0. The van der Waals surface area contributed by atoms with Crippen molar-refractivity contribution in [3.63, 3.8) is 0 Å². The lowest BCUT2D eigenvalue weighted by Gasteiger charge is -2.29. The largest absolute Gasteiger partial charge is 0.354 e. The highest BCUT2D eigenvalue weighted by atomic mass is 16.1. The Labute approximate surface area is 97.1 Å². The normalized spacial score (nSPS) is 25.1. The number of benzene rings is 1. The predicted molar refractivity (Wildman–Crippen MR) is 65.3 cm³/mol. The molecule has 1 amide bonds. The van der Waals surface area contributed by atoms with E-state index in [1.54, 1.807) is 6.92 Å². The molecule has 0 radical (unpaired) electrons. The van der Waals surface area contributed by atoms with Gasteiger partial charge in [-0.1, -0.05) is 36.8 Å². The third-order valence-corrected chi connectivity index (χ3v) is 3.35. The smallest absolute Gasteiger partial charge is 0.217 e. The molecule has 2 atom stereocenters. The van der Waals surface area contributed by atoms with Crippen LogP contribution in [0.4, 0.5) is 0 Å². The van der Waals surface area contributed by atoms with E-state index in [1.807, 2.05) is 0 Å². The molecule has 0 aliphatic heterocycles. The van der Waals surface area contributed by atoms with Crippen LogP contribution in [-0.4, -0.2) is 11.9 Å². The van der Waals surface area contributed by atoms with Crippen molar-refractivity contribution in [2.24, 2.45) is 0 Å². The number of amides is 1. The number of carbonyl (C=O) groups is 1. The lowest BCUT2D eigenvalue weighted by Crippen LogP contribution is -2.36. The Morgan fingerprint density at radius 3 is 2.69 bits per heavy atom. The Morgan fingerprint density at radius 2 is 2.00 bits per heavy atom. The van der Waals surface area contributed by atoms with Crippen molar-refractivity contribution >= 4 is 5.91 Å². The summed E-state index contributed by atoms with van der Waals surface area (Å²) in [5, 5.41) is 3.04. The monoisotopic (exact) mass is 217 g/mol. The molecule has 0 spiro atoms. The molecule has 0 aromatic heterocycles. The number of nitrogens with one attached hydrogen (secondary N) is 1. The van der Waals surface area contributed by atoms with Crippen LogP contribution < -0.4 is 5.32 Å². The number of hydrogen-bond acceptors (Lipinski definition) is 1. The van der Waals surface area contributed by atoms with Gasteiger partial charge in [0.15, 0.2) is 0 Å². The molecule has 0 bridgehead atoms. The molecule has 0 unspecified atom stereocenters. The first-order chi connectivity index (χ1) is 7.75. The number of hydrogen-bond donors (Lipinski definition) is 1. The zero-order chi connectivity index (χ0) is 11.4. The molecule has 1 saturated carbocycles. The first-order valence-electron chi connectivity index (χ1n) is 6.08. The van der Waals surface area contributed by atoms with Gasteiger partial charge in [-0.15, -0.1) is 0 Å². The summed E-state index contributed by atoms with van der Waals surface area (Å²) in [6.45, 7) is 1.60. The fourth-order valence-corrected chi connectivity index (χ4v) is 2.64. The Hall–Kier alpha value is -1.31. The maximum absolute atomic E-state index is 11.0. The van der Waals surface area contributed by atoms with Crippen LogP contribution in [0, 0.1) is 0 Å². The minimum absolute atomic E-state index is 0.0960. The summed E-state index contributed by atoms with van der Waals surface area (Å²) < 4.78 is 0. The first kappa shape index (κ1) is 11.2. The van der Waals surface area contributed by atoms with Crippen LogP contribution in [0.2, 0.25) is 0 Å². The molecule has 0 saturated heterocycles. The van der Waals surface area contributed by atoms with Gasteiger partial charge in [0.05, 0.1) is 0 Å². The van der Waals surface area contributed by atoms with E-state index in [0.717, 1.165) is 12.8 Å². The summed E-state index contributed by atoms with van der Waals surface area (Å²) in [5.41, 5.74) is 1.41. The summed E-state index contributed by atoms with van der Waals surface area (Å²) in [6.07, 6.45) is 4.68. The van der Waals surface area contributed by atoms with Crippen molar-refractivity contribution in [1.29, 1.82) is 0 Å². The van der Waals surface area contributed by atoms with Gasteiger partial charge in [-0.25, -0.2) is 0 Å². The van der Waals surface area contributed by atoms with E-state index in [9.17, 15) is 4.79 Å². The number of rotatable bonds is 2. The Balaban J connectivity index is 1.99. The van der Waals surface area contributed by atoms with Crippen molar-refractivity contribution in [3.05, 3.63) is 35.9 Å². The lowest BCUT2D eigenvalue weighted by atomic mass is 9.81. The van der Waals surface area contributed by atoms with Gasteiger partial charge in [0.2, 0.25) is 5.91 Å². The Bertz CT molecular complexity index is 347. The highest BCUT2D eigenvalue weighted by molar-refractivity contribution is 5.73. The van der Waals surface area contributed by atoms with Gasteiger partial charge in [0.25, 0.3) is 0 Å². The van der Waals surface area contributed by atoms with E-state index >= 15 is 0 Å². The molecule has 1 aliphatic rings. The van der Waals surface area contributed by atoms with Gasteiger partial charge in [-0.2, -0.15) is 0 Å². The quantitative estimate of drug-likeness (QED) is 0.811. The molecule has 2 nitrogen and oxygen atoms in total. The van der Waals surface area contributed by atoms with Gasteiger partial charge in [-0.3, -0.25) is 4.79 Å². The SMILES string of the molecule is CC(=O)N[C@H]1CCC[C@@H](c2ccccc2)C1. The zero-order valence-corrected chi connectivity index (χ0v) is 9.78. The Kier molecular flexibility index (Phi) is 3.60. The maximum Gasteiger partial charge on any atom is 0.217 e. The van der Waals surface area contributed by atoms with Crippen molar-refractivity contribution in [2.45, 2.75) is 44.6 Å². The molecular formula is C14H19NO. The molecule has 1 aromatic rings. The molecule has 86 valence electrons. The summed E-state index contributed by atoms with van der Waals surface area (Å²) >= 11 is 0. The van der Waals surface area contributed by atoms with Crippen molar-refractivity contribution in [2.75, 3.05) is 0 Å². The van der Waals surface area contributed by atoms with Crippen LogP contribution in [0.25, 0.3) is 0 Å². The number of carbonyl (C=O) groups excluding carboxylic acids is 1. The van der Waals surface area contributed by atoms with Gasteiger partial charge in [0.1, 0.15) is 0 Å². The minimum Gasteiger partial charge on any atom is -0.354 e. The van der Waals surface area contributed by atoms with E-state index in [2.05, 4.69) is 35.6 Å². The van der Waals surface area contributed by atoms with E-state index < -0.39 is 0 Å². The molecule has 16 heavy (non-hydrogen) atoms. The van der Waals surface area contributed by atoms with Crippen molar-refractivity contribution in [1.82, 2.24) is 5.32 Å². The second-order valence-electron chi connectivity index (χ2n) is 4.67. The van der Waals surface area contributed by atoms with E-state index in [0.29, 0.717) is 12.0 Å². The van der Waals surface area contributed by atoms with Crippen LogP contribution in [0.5, 0.6) is 0 Å². The fourth-order valence-electron chi connectivity index (χ4n) is 2.64. The summed E-state index contributed by atoms with van der Waals surface area (Å²) in [7, 11) is 0. The van der Waals surface area contributed by atoms with Crippen molar-refractivity contribution in [3.8, 4) is 0 Å². The van der Waals surface area contributed by atoms with Crippen LogP contribution in [-0.2, 0) is 4.79 Å². The Morgan fingerprint density at radius 1 is 1.25 bits per heavy atom. The van der Waals surface area contributed by atoms with Crippen LogP contribution >= 0.6 is 0 Å². The third-order valence-electron chi connectivity index (χ3n) is 3.35. The van der Waals surface area contributed by atoms with E-state index in [4.69, 9.17) is 0 Å². The molecular weight excluding hydrogens is 198 g/mol. The molecule has 2 rings (SSSR count). The molecule has 1 aromatic carbocycles. The highest BCUT2D eigenvalue weighted by Gasteiger charge is 2.23. The molecule has 1 N–H and O–H groups in total. The van der Waals surface area contributed by atoms with Crippen LogP contribution in [0.1, 0.15) is 44.1 Å². The average molecular weight is 217 g/mol. The summed E-state index contributed by atoms with van der Waals surface area (Å²) in [4.78, 5) is 11.0. The third kappa shape index (κ3) is 2.84. The fraction of sp³-hybridized carbons (Fsp3) is 0.500. The average Bonchev–Trinajstić information content (AvgIpc) is 2.30. The second-order valence-corrected chi connectivity index (χ2v) is 4.67. The maximum atomic E-state index is 11.0.